The first-order valence-corrected chi connectivity index (χ1v) is 10.3. The number of benzene rings is 2. The zero-order valence-electron chi connectivity index (χ0n) is 19.5. The van der Waals surface area contributed by atoms with Crippen LogP contribution in [-0.2, 0) is 9.59 Å². The second kappa shape index (κ2) is 11.3. The maximum atomic E-state index is 12.2. The predicted molar refractivity (Wildman–Crippen MR) is 126 cm³/mol. The summed E-state index contributed by atoms with van der Waals surface area (Å²) < 4.78 is 0. The van der Waals surface area contributed by atoms with Crippen LogP contribution in [0.2, 0.25) is 0 Å². The van der Waals surface area contributed by atoms with Gasteiger partial charge in [0, 0.05) is 28.9 Å². The molecule has 0 aromatic heterocycles. The van der Waals surface area contributed by atoms with Gasteiger partial charge in [-0.3, -0.25) is 14.4 Å². The Hall–Kier alpha value is -1.47. The Morgan fingerprint density at radius 3 is 2.06 bits per heavy atom. The maximum absolute atomic E-state index is 12.2. The zero-order valence-corrected chi connectivity index (χ0v) is 24.4. The summed E-state index contributed by atoms with van der Waals surface area (Å²) in [4.78, 5) is 47.8. The molecule has 0 saturated heterocycles. The number of Topliss-reactive ketones (excluding diaryl/α,β-unsaturated/α-hetero) is 2. The average molecular weight is 521 g/mol. The molecular weight excluding hydrogens is 490 g/mol. The third-order valence-corrected chi connectivity index (χ3v) is 6.11. The molecule has 0 aliphatic carbocycles. The molecule has 0 fully saturated rings. The molecule has 2 aliphatic heterocycles. The van der Waals surface area contributed by atoms with E-state index in [0.29, 0.717) is 22.5 Å². The van der Waals surface area contributed by atoms with E-state index < -0.39 is 10.8 Å². The SMILES string of the molecule is C.CC1(C)CC(=O)c2ccccc2[N-]C1=O.CC1C(=O)c2ccccc2NC(=O)C1(C)C.[Rb+]. The van der Waals surface area contributed by atoms with Crippen molar-refractivity contribution in [2.75, 3.05) is 5.32 Å². The fourth-order valence-electron chi connectivity index (χ4n) is 3.49. The average Bonchev–Trinajstić information content (AvgIpc) is 2.84. The number of rotatable bonds is 0. The molecule has 6 nitrogen and oxygen atoms in total. The Kier molecular flexibility index (Phi) is 10.1. The van der Waals surface area contributed by atoms with Gasteiger partial charge in [0.2, 0.25) is 5.91 Å². The Bertz CT molecular complexity index is 1080. The van der Waals surface area contributed by atoms with Gasteiger partial charge >= 0.3 is 58.2 Å². The molecule has 2 amide bonds. The standard InChI is InChI=1S/C13H15NO2.C12H13NO2.CH4.Rb/c1-8-11(15)9-6-4-5-7-10(9)14-12(16)13(8,2)3;1-12(2)7-10(14)8-5-3-4-6-9(8)13-11(12)15;;/h4-8H,1-3H3,(H,14,16);3-6H,7H2,1-2H3,(H,13,14,15);1H4;/q;;;+1/p-1. The summed E-state index contributed by atoms with van der Waals surface area (Å²) in [5.41, 5.74) is 0.921. The molecule has 0 bridgehead atoms. The van der Waals surface area contributed by atoms with Crippen LogP contribution in [0.1, 0.15) is 69.2 Å². The smallest absolute Gasteiger partial charge is 0.626 e. The Morgan fingerprint density at radius 1 is 0.879 bits per heavy atom. The van der Waals surface area contributed by atoms with Crippen molar-refractivity contribution in [2.45, 2.75) is 48.5 Å². The van der Waals surface area contributed by atoms with Gasteiger partial charge in [-0.25, -0.2) is 0 Å². The minimum atomic E-state index is -0.684. The first-order valence-electron chi connectivity index (χ1n) is 10.3. The molecule has 33 heavy (non-hydrogen) atoms. The van der Waals surface area contributed by atoms with Crippen molar-refractivity contribution in [3.05, 3.63) is 65.0 Å². The normalized spacial score (nSPS) is 20.0. The van der Waals surface area contributed by atoms with Crippen LogP contribution in [0.15, 0.2) is 48.5 Å². The van der Waals surface area contributed by atoms with Gasteiger partial charge in [0.1, 0.15) is 0 Å². The molecular formula is C26H31N2O4Rb. The quantitative estimate of drug-likeness (QED) is 0.578. The molecule has 0 saturated carbocycles. The van der Waals surface area contributed by atoms with Crippen LogP contribution in [0.3, 0.4) is 0 Å². The van der Waals surface area contributed by atoms with Gasteiger partial charge in [-0.05, 0) is 12.1 Å². The Balaban J connectivity index is 0.000000312. The van der Waals surface area contributed by atoms with Gasteiger partial charge in [-0.15, -0.1) is 5.69 Å². The first-order chi connectivity index (χ1) is 14.4. The summed E-state index contributed by atoms with van der Waals surface area (Å²) in [6.07, 6.45) is 0.229. The van der Waals surface area contributed by atoms with Crippen molar-refractivity contribution < 1.29 is 77.4 Å². The third-order valence-electron chi connectivity index (χ3n) is 6.11. The number of anilines is 1. The molecule has 7 heteroatoms. The van der Waals surface area contributed by atoms with E-state index in [9.17, 15) is 19.2 Å². The molecule has 170 valence electrons. The van der Waals surface area contributed by atoms with E-state index in [1.54, 1.807) is 64.1 Å². The number of fused-ring (bicyclic) bond motifs is 2. The third kappa shape index (κ3) is 6.15. The molecule has 2 aromatic rings. The van der Waals surface area contributed by atoms with E-state index in [2.05, 4.69) is 10.6 Å². The molecule has 0 radical (unpaired) electrons. The van der Waals surface area contributed by atoms with E-state index in [0.717, 1.165) is 0 Å². The Morgan fingerprint density at radius 2 is 1.42 bits per heavy atom. The topological polar surface area (TPSA) is 94.4 Å². The maximum Gasteiger partial charge on any atom is 1.00 e. The minimum absolute atomic E-state index is 0. The van der Waals surface area contributed by atoms with E-state index in [1.807, 2.05) is 19.1 Å². The number of hydrogen-bond acceptors (Lipinski definition) is 4. The van der Waals surface area contributed by atoms with E-state index in [4.69, 9.17) is 0 Å². The fraction of sp³-hybridized carbons (Fsp3) is 0.385. The number of nitrogens with zero attached hydrogens (tertiary/aromatic N) is 1. The van der Waals surface area contributed by atoms with Crippen LogP contribution in [0.4, 0.5) is 11.4 Å². The molecule has 2 aliphatic rings. The van der Waals surface area contributed by atoms with Crippen molar-refractivity contribution in [1.82, 2.24) is 0 Å². The number of carbonyl (C=O) groups is 4. The van der Waals surface area contributed by atoms with Gasteiger partial charge in [0.25, 0.3) is 0 Å². The van der Waals surface area contributed by atoms with Crippen molar-refractivity contribution in [3.63, 3.8) is 0 Å². The van der Waals surface area contributed by atoms with E-state index >= 15 is 0 Å². The predicted octanol–water partition coefficient (Wildman–Crippen LogP) is 2.95. The van der Waals surface area contributed by atoms with Crippen molar-refractivity contribution in [1.29, 1.82) is 0 Å². The summed E-state index contributed by atoms with van der Waals surface area (Å²) in [6.45, 7) is 8.92. The van der Waals surface area contributed by atoms with Crippen LogP contribution in [0.25, 0.3) is 5.32 Å². The molecule has 2 aromatic carbocycles. The number of hydrogen-bond donors (Lipinski definition) is 1. The first kappa shape index (κ1) is 29.6. The molecule has 4 rings (SSSR count). The number of amides is 2. The van der Waals surface area contributed by atoms with Gasteiger partial charge < -0.3 is 15.4 Å². The number of nitrogens with one attached hydrogen (secondary N) is 1. The van der Waals surface area contributed by atoms with Crippen molar-refractivity contribution in [3.8, 4) is 0 Å². The molecule has 0 spiro atoms. The molecule has 1 N–H and O–H groups in total. The van der Waals surface area contributed by atoms with Crippen LogP contribution in [0, 0.1) is 16.7 Å². The van der Waals surface area contributed by atoms with Crippen LogP contribution in [-0.4, -0.2) is 23.4 Å². The van der Waals surface area contributed by atoms with Gasteiger partial charge in [0.05, 0.1) is 17.0 Å². The monoisotopic (exact) mass is 520 g/mol. The molecule has 1 unspecified atom stereocenters. The summed E-state index contributed by atoms with van der Waals surface area (Å²) in [7, 11) is 0. The summed E-state index contributed by atoms with van der Waals surface area (Å²) in [5, 5.41) is 6.80. The summed E-state index contributed by atoms with van der Waals surface area (Å²) in [5.74, 6) is -0.612. The van der Waals surface area contributed by atoms with Crippen molar-refractivity contribution >= 4 is 34.8 Å². The van der Waals surface area contributed by atoms with Gasteiger partial charge in [0.15, 0.2) is 11.6 Å². The number of para-hydroxylation sites is 2. The molecule has 1 atom stereocenters. The van der Waals surface area contributed by atoms with Crippen molar-refractivity contribution in [2.24, 2.45) is 16.7 Å². The second-order valence-corrected chi connectivity index (χ2v) is 9.23. The second-order valence-electron chi connectivity index (χ2n) is 9.23. The summed E-state index contributed by atoms with van der Waals surface area (Å²) >= 11 is 0. The zero-order chi connectivity index (χ0) is 23.0. The van der Waals surface area contributed by atoms with Gasteiger partial charge in [-0.2, -0.15) is 0 Å². The number of ketones is 2. The van der Waals surface area contributed by atoms with Crippen LogP contribution in [0.5, 0.6) is 0 Å². The minimum Gasteiger partial charge on any atom is -0.626 e. The van der Waals surface area contributed by atoms with E-state index in [-0.39, 0.29) is 101 Å². The van der Waals surface area contributed by atoms with Gasteiger partial charge in [-0.1, -0.05) is 78.4 Å². The van der Waals surface area contributed by atoms with Crippen LogP contribution >= 0.6 is 0 Å². The van der Waals surface area contributed by atoms with Crippen LogP contribution < -0.4 is 63.5 Å². The van der Waals surface area contributed by atoms with E-state index in [1.165, 1.54) is 0 Å². The fourth-order valence-corrected chi connectivity index (χ4v) is 3.49. The summed E-state index contributed by atoms with van der Waals surface area (Å²) in [6, 6.07) is 14.1. The Labute approximate surface area is 245 Å². The molecule has 2 heterocycles. The largest absolute Gasteiger partial charge is 1.00 e. The number of carbonyl (C=O) groups excluding carboxylic acids is 4.